The van der Waals surface area contributed by atoms with Gasteiger partial charge in [-0.3, -0.25) is 23.5 Å². The number of alkyl carbamates (subject to hydrolysis) is 1. The molecule has 16 nitrogen and oxygen atoms in total. The molecule has 0 aromatic carbocycles. The van der Waals surface area contributed by atoms with Crippen molar-refractivity contribution in [1.82, 2.24) is 20.5 Å². The zero-order chi connectivity index (χ0) is 26.2. The first kappa shape index (κ1) is 25.3. The Morgan fingerprint density at radius 2 is 2.19 bits per heavy atom. The summed E-state index contributed by atoms with van der Waals surface area (Å²) in [6, 6.07) is -1.38. The summed E-state index contributed by atoms with van der Waals surface area (Å²) in [6.45, 7) is -0.152. The largest absolute Gasteiger partial charge is 0.477 e. The van der Waals surface area contributed by atoms with E-state index in [1.165, 1.54) is 12.5 Å². The number of hydrogen-bond donors (Lipinski definition) is 4. The van der Waals surface area contributed by atoms with Crippen molar-refractivity contribution in [3.63, 3.8) is 0 Å². The van der Waals surface area contributed by atoms with Crippen LogP contribution in [0.4, 0.5) is 9.93 Å². The third-order valence-electron chi connectivity index (χ3n) is 5.65. The Kier molecular flexibility index (Phi) is 6.81. The molecule has 3 aliphatic rings. The number of oxime groups is 1. The number of nitrogens with one attached hydrogen (secondary N) is 2. The van der Waals surface area contributed by atoms with Gasteiger partial charge in [-0.1, -0.05) is 5.16 Å². The molecule has 0 unspecified atom stereocenters. The molecule has 3 amide bonds. The second kappa shape index (κ2) is 9.69. The van der Waals surface area contributed by atoms with Crippen LogP contribution in [-0.4, -0.2) is 97.9 Å². The normalized spacial score (nSPS) is 28.8. The molecule has 1 aromatic heterocycles. The Bertz CT molecular complexity index is 1190. The summed E-state index contributed by atoms with van der Waals surface area (Å²) in [6.07, 6.45) is -0.994. The number of amides is 3. The van der Waals surface area contributed by atoms with Gasteiger partial charge in [0, 0.05) is 21.9 Å². The summed E-state index contributed by atoms with van der Waals surface area (Å²) in [7, 11) is -0.611. The van der Waals surface area contributed by atoms with E-state index in [-0.39, 0.29) is 41.9 Å². The first-order valence-electron chi connectivity index (χ1n) is 10.3. The Morgan fingerprint density at radius 1 is 1.44 bits per heavy atom. The molecular formula is C18H20N6O10S2. The van der Waals surface area contributed by atoms with Gasteiger partial charge in [-0.25, -0.2) is 14.6 Å². The summed E-state index contributed by atoms with van der Waals surface area (Å²) in [5.74, 6) is -5.40. The Labute approximate surface area is 208 Å². The van der Waals surface area contributed by atoms with Crippen LogP contribution in [0.5, 0.6) is 0 Å². The average molecular weight is 545 g/mol. The number of rotatable bonds is 8. The Balaban J connectivity index is 1.51. The van der Waals surface area contributed by atoms with E-state index in [9.17, 15) is 33.3 Å². The standard InChI is InChI=1S/C18H20N6O10S2/c1-32-17(30)20-2-3-33-23-10(8-5-35-16(19)21-8)12(26)22-11-13(27)24-14(11)36(31)6-7-4-9(25)34-18(7,24)15(28)29/h5,7,11,14H,2-4,6H2,1H3,(H2,19,21)(H,20,30)(H,22,26)(H,28,29)/b23-10-/t7-,11+,14+,18+,36-/m0/s1. The van der Waals surface area contributed by atoms with Gasteiger partial charge < -0.3 is 35.8 Å². The number of nitrogens with zero attached hydrogens (tertiary/aromatic N) is 3. The molecule has 0 spiro atoms. The van der Waals surface area contributed by atoms with Crippen LogP contribution in [0.15, 0.2) is 10.5 Å². The maximum Gasteiger partial charge on any atom is 0.406 e. The lowest BCUT2D eigenvalue weighted by Gasteiger charge is -2.56. The lowest BCUT2D eigenvalue weighted by molar-refractivity contribution is -0.216. The number of aliphatic carboxylic acids is 1. The van der Waals surface area contributed by atoms with Crippen LogP contribution < -0.4 is 16.4 Å². The van der Waals surface area contributed by atoms with Crippen molar-refractivity contribution >= 4 is 62.8 Å². The minimum atomic E-state index is -2.27. The van der Waals surface area contributed by atoms with Gasteiger partial charge in [0.05, 0.1) is 26.0 Å². The minimum absolute atomic E-state index is 0.00143. The van der Waals surface area contributed by atoms with Crippen LogP contribution in [0.2, 0.25) is 0 Å². The molecule has 36 heavy (non-hydrogen) atoms. The number of ether oxygens (including phenoxy) is 2. The average Bonchev–Trinajstić information content (AvgIpc) is 3.40. The van der Waals surface area contributed by atoms with E-state index in [0.29, 0.717) is 0 Å². The SMILES string of the molecule is COC(=O)NCCO/N=C(\C(=O)N[C@@H]1C(=O)N2[C@@H]1[S@@](=O)C[C@@H]1CC(=O)O[C@@]12C(=O)O)c1csc(N)n1. The van der Waals surface area contributed by atoms with Crippen molar-refractivity contribution in [1.29, 1.82) is 0 Å². The van der Waals surface area contributed by atoms with Crippen molar-refractivity contribution in [2.24, 2.45) is 11.1 Å². The number of aromatic nitrogens is 1. The number of hydrogen-bond acceptors (Lipinski definition) is 13. The highest BCUT2D eigenvalue weighted by Gasteiger charge is 2.73. The summed E-state index contributed by atoms with van der Waals surface area (Å²) >= 11 is 1.01. The van der Waals surface area contributed by atoms with Gasteiger partial charge in [-0.05, 0) is 0 Å². The fourth-order valence-electron chi connectivity index (χ4n) is 4.08. The quantitative estimate of drug-likeness (QED) is 0.0879. The molecule has 1 aromatic rings. The fraction of sp³-hybridized carbons (Fsp3) is 0.500. The molecular weight excluding hydrogens is 524 g/mol. The smallest absolute Gasteiger partial charge is 0.406 e. The monoisotopic (exact) mass is 544 g/mol. The molecule has 3 saturated heterocycles. The zero-order valence-corrected chi connectivity index (χ0v) is 20.1. The number of fused-ring (bicyclic) bond motifs is 3. The molecule has 4 heterocycles. The number of nitrogen functional groups attached to an aromatic ring is 1. The predicted molar refractivity (Wildman–Crippen MR) is 120 cm³/mol. The van der Waals surface area contributed by atoms with Crippen LogP contribution in [0, 0.1) is 5.92 Å². The number of nitrogens with two attached hydrogens (primary N) is 1. The highest BCUT2D eigenvalue weighted by molar-refractivity contribution is 7.85. The van der Waals surface area contributed by atoms with Gasteiger partial charge in [0.2, 0.25) is 0 Å². The van der Waals surface area contributed by atoms with Crippen molar-refractivity contribution in [2.75, 3.05) is 31.7 Å². The summed E-state index contributed by atoms with van der Waals surface area (Å²) in [5.41, 5.74) is 3.01. The number of anilines is 1. The van der Waals surface area contributed by atoms with E-state index in [1.54, 1.807) is 0 Å². The molecule has 5 N–H and O–H groups in total. The molecule has 194 valence electrons. The van der Waals surface area contributed by atoms with E-state index >= 15 is 0 Å². The van der Waals surface area contributed by atoms with Gasteiger partial charge >= 0.3 is 18.0 Å². The number of thiazole rings is 1. The topological polar surface area (TPSA) is 229 Å². The summed E-state index contributed by atoms with van der Waals surface area (Å²) < 4.78 is 22.3. The van der Waals surface area contributed by atoms with E-state index in [1.807, 2.05) is 0 Å². The number of esters is 1. The highest BCUT2D eigenvalue weighted by atomic mass is 32.2. The van der Waals surface area contributed by atoms with Crippen LogP contribution in [0.3, 0.4) is 0 Å². The number of carbonyl (C=O) groups excluding carboxylic acids is 4. The summed E-state index contributed by atoms with van der Waals surface area (Å²) in [4.78, 5) is 70.8. The van der Waals surface area contributed by atoms with Gasteiger partial charge in [0.1, 0.15) is 23.7 Å². The molecule has 3 fully saturated rings. The van der Waals surface area contributed by atoms with Gasteiger partial charge in [0.15, 0.2) is 10.8 Å². The van der Waals surface area contributed by atoms with Crippen molar-refractivity contribution < 1.29 is 47.6 Å². The second-order valence-electron chi connectivity index (χ2n) is 7.74. The van der Waals surface area contributed by atoms with Crippen LogP contribution in [-0.2, 0) is 44.3 Å². The molecule has 0 aliphatic carbocycles. The van der Waals surface area contributed by atoms with Crippen molar-refractivity contribution in [3.8, 4) is 0 Å². The number of β-lactam (4-membered cyclic amide) rings is 1. The van der Waals surface area contributed by atoms with Crippen LogP contribution in [0.25, 0.3) is 0 Å². The molecule has 5 atom stereocenters. The number of carboxylic acid groups (broad SMARTS) is 1. The van der Waals surface area contributed by atoms with E-state index in [2.05, 4.69) is 25.5 Å². The van der Waals surface area contributed by atoms with Gasteiger partial charge in [-0.2, -0.15) is 0 Å². The number of carbonyl (C=O) groups is 5. The third kappa shape index (κ3) is 4.21. The summed E-state index contributed by atoms with van der Waals surface area (Å²) in [5, 5.41) is 18.6. The Morgan fingerprint density at radius 3 is 2.83 bits per heavy atom. The van der Waals surface area contributed by atoms with Gasteiger partial charge in [-0.15, -0.1) is 11.3 Å². The van der Waals surface area contributed by atoms with Crippen LogP contribution in [0.1, 0.15) is 12.1 Å². The highest BCUT2D eigenvalue weighted by Crippen LogP contribution is 2.47. The minimum Gasteiger partial charge on any atom is -0.477 e. The lowest BCUT2D eigenvalue weighted by Crippen LogP contribution is -2.83. The van der Waals surface area contributed by atoms with E-state index < -0.39 is 63.7 Å². The van der Waals surface area contributed by atoms with Gasteiger partial charge in [0.25, 0.3) is 17.5 Å². The maximum absolute atomic E-state index is 13.0. The molecule has 4 rings (SSSR count). The zero-order valence-electron chi connectivity index (χ0n) is 18.5. The number of methoxy groups -OCH3 is 1. The number of carboxylic acids is 1. The first-order chi connectivity index (χ1) is 17.1. The lowest BCUT2D eigenvalue weighted by atomic mass is 9.89. The molecule has 3 aliphatic heterocycles. The molecule has 0 bridgehead atoms. The van der Waals surface area contributed by atoms with E-state index in [0.717, 1.165) is 16.2 Å². The molecule has 0 saturated carbocycles. The fourth-order valence-corrected chi connectivity index (χ4v) is 6.55. The predicted octanol–water partition coefficient (Wildman–Crippen LogP) is -2.44. The molecule has 18 heteroatoms. The first-order valence-corrected chi connectivity index (χ1v) is 12.6. The van der Waals surface area contributed by atoms with Crippen molar-refractivity contribution in [3.05, 3.63) is 11.1 Å². The molecule has 0 radical (unpaired) electrons. The van der Waals surface area contributed by atoms with Crippen molar-refractivity contribution in [2.45, 2.75) is 23.6 Å². The Hall–Kier alpha value is -3.80. The second-order valence-corrected chi connectivity index (χ2v) is 10.2. The third-order valence-corrected chi connectivity index (χ3v) is 8.07. The van der Waals surface area contributed by atoms with Crippen LogP contribution >= 0.6 is 11.3 Å². The maximum atomic E-state index is 13.0. The van der Waals surface area contributed by atoms with E-state index in [4.69, 9.17) is 15.3 Å².